The Morgan fingerprint density at radius 2 is 1.90 bits per heavy atom. The molecule has 1 fully saturated rings. The van der Waals surface area contributed by atoms with Gasteiger partial charge in [0.2, 0.25) is 0 Å². The smallest absolute Gasteiger partial charge is 0.0213 e. The maximum absolute atomic E-state index is 5.36. The van der Waals surface area contributed by atoms with Crippen LogP contribution < -0.4 is 11.3 Å². The third-order valence-corrected chi connectivity index (χ3v) is 2.83. The molecule has 0 saturated heterocycles. The lowest BCUT2D eigenvalue weighted by molar-refractivity contribution is 0.227. The van der Waals surface area contributed by atoms with Gasteiger partial charge in [-0.1, -0.05) is 13.8 Å². The summed E-state index contributed by atoms with van der Waals surface area (Å²) in [6.07, 6.45) is 3.83. The van der Waals surface area contributed by atoms with Crippen molar-refractivity contribution in [2.45, 2.75) is 39.2 Å². The van der Waals surface area contributed by atoms with Crippen LogP contribution in [0.25, 0.3) is 0 Å². The van der Waals surface area contributed by atoms with Crippen molar-refractivity contribution in [1.82, 2.24) is 5.43 Å². The molecule has 1 aliphatic rings. The maximum atomic E-state index is 5.36. The molecule has 0 aliphatic heterocycles. The Balaban J connectivity index is 2.33. The van der Waals surface area contributed by atoms with E-state index in [2.05, 4.69) is 19.3 Å². The lowest BCUT2D eigenvalue weighted by atomic mass is 9.79. The second-order valence-corrected chi connectivity index (χ2v) is 3.63. The molecule has 2 nitrogen and oxygen atoms in total. The van der Waals surface area contributed by atoms with Crippen LogP contribution in [-0.4, -0.2) is 6.04 Å². The van der Waals surface area contributed by atoms with Crippen molar-refractivity contribution in [2.24, 2.45) is 17.7 Å². The van der Waals surface area contributed by atoms with Gasteiger partial charge in [0.15, 0.2) is 0 Å². The summed E-state index contributed by atoms with van der Waals surface area (Å²) in [6.45, 7) is 4.64. The quantitative estimate of drug-likeness (QED) is 0.427. The van der Waals surface area contributed by atoms with E-state index in [4.69, 9.17) is 5.84 Å². The number of hydrazine groups is 1. The minimum absolute atomic E-state index is 0.575. The van der Waals surface area contributed by atoms with E-state index in [0.29, 0.717) is 6.04 Å². The molecule has 1 aliphatic carbocycles. The van der Waals surface area contributed by atoms with Crippen LogP contribution in [0.3, 0.4) is 0 Å². The van der Waals surface area contributed by atoms with Gasteiger partial charge in [0.25, 0.3) is 0 Å². The molecule has 3 N–H and O–H groups in total. The first-order valence-corrected chi connectivity index (χ1v) is 4.20. The molecule has 0 heterocycles. The summed E-state index contributed by atoms with van der Waals surface area (Å²) in [5.74, 6) is 7.10. The number of rotatable bonds is 1. The minimum Gasteiger partial charge on any atom is -0.271 e. The van der Waals surface area contributed by atoms with Crippen molar-refractivity contribution in [1.29, 1.82) is 0 Å². The molecule has 0 amide bonds. The molecular formula is C8H18N2. The lowest BCUT2D eigenvalue weighted by Gasteiger charge is -2.31. The van der Waals surface area contributed by atoms with Crippen molar-refractivity contribution in [2.75, 3.05) is 0 Å². The average Bonchev–Trinajstić information content (AvgIpc) is 1.95. The Labute approximate surface area is 63.1 Å². The average molecular weight is 142 g/mol. The third kappa shape index (κ3) is 1.70. The molecule has 0 aromatic rings. The Bertz CT molecular complexity index is 103. The first kappa shape index (κ1) is 8.02. The zero-order chi connectivity index (χ0) is 7.56. The van der Waals surface area contributed by atoms with Crippen molar-refractivity contribution >= 4 is 0 Å². The molecule has 60 valence electrons. The van der Waals surface area contributed by atoms with E-state index in [1.54, 1.807) is 0 Å². The van der Waals surface area contributed by atoms with E-state index in [1.165, 1.54) is 19.3 Å². The molecule has 0 radical (unpaired) electrons. The Morgan fingerprint density at radius 1 is 1.20 bits per heavy atom. The Hall–Kier alpha value is -0.0800. The zero-order valence-corrected chi connectivity index (χ0v) is 6.93. The maximum Gasteiger partial charge on any atom is 0.0213 e. The van der Waals surface area contributed by atoms with Gasteiger partial charge in [-0.15, -0.1) is 0 Å². The minimum atomic E-state index is 0.575. The van der Waals surface area contributed by atoms with Crippen LogP contribution in [0.5, 0.6) is 0 Å². The standard InChI is InChI=1S/C8H18N2/c1-6-3-4-8(10-9)5-7(6)2/h6-8,10H,3-5,9H2,1-2H3/t6-,7+,8+/m1/s1. The van der Waals surface area contributed by atoms with Crippen LogP contribution in [0.1, 0.15) is 33.1 Å². The van der Waals surface area contributed by atoms with Gasteiger partial charge < -0.3 is 0 Å². The second kappa shape index (κ2) is 3.35. The first-order valence-electron chi connectivity index (χ1n) is 4.20. The van der Waals surface area contributed by atoms with Gasteiger partial charge >= 0.3 is 0 Å². The normalized spacial score (nSPS) is 41.7. The van der Waals surface area contributed by atoms with Gasteiger partial charge in [-0.05, 0) is 31.1 Å². The molecule has 0 aromatic carbocycles. The van der Waals surface area contributed by atoms with Gasteiger partial charge in [-0.25, -0.2) is 0 Å². The van der Waals surface area contributed by atoms with Gasteiger partial charge in [0, 0.05) is 6.04 Å². The number of hydrogen-bond acceptors (Lipinski definition) is 2. The highest BCUT2D eigenvalue weighted by Gasteiger charge is 2.23. The molecule has 2 heteroatoms. The highest BCUT2D eigenvalue weighted by molar-refractivity contribution is 4.77. The fraction of sp³-hybridized carbons (Fsp3) is 1.00. The molecule has 10 heavy (non-hydrogen) atoms. The SMILES string of the molecule is C[C@@H]1CC[C@H](NN)C[C@@H]1C. The summed E-state index contributed by atoms with van der Waals surface area (Å²) in [7, 11) is 0. The van der Waals surface area contributed by atoms with Crippen molar-refractivity contribution in [3.63, 3.8) is 0 Å². The number of hydrogen-bond donors (Lipinski definition) is 2. The van der Waals surface area contributed by atoms with E-state index >= 15 is 0 Å². The highest BCUT2D eigenvalue weighted by Crippen LogP contribution is 2.28. The van der Waals surface area contributed by atoms with Crippen LogP contribution >= 0.6 is 0 Å². The summed E-state index contributed by atoms with van der Waals surface area (Å²) in [5, 5.41) is 0. The molecule has 1 saturated carbocycles. The van der Waals surface area contributed by atoms with E-state index in [0.717, 1.165) is 11.8 Å². The monoisotopic (exact) mass is 142 g/mol. The zero-order valence-electron chi connectivity index (χ0n) is 6.93. The summed E-state index contributed by atoms with van der Waals surface area (Å²) >= 11 is 0. The summed E-state index contributed by atoms with van der Waals surface area (Å²) in [5.41, 5.74) is 2.85. The van der Waals surface area contributed by atoms with Crippen LogP contribution in [0, 0.1) is 11.8 Å². The fourth-order valence-electron chi connectivity index (χ4n) is 1.70. The number of nitrogens with two attached hydrogens (primary N) is 1. The Morgan fingerprint density at radius 3 is 2.40 bits per heavy atom. The predicted octanol–water partition coefficient (Wildman–Crippen LogP) is 1.27. The second-order valence-electron chi connectivity index (χ2n) is 3.63. The topological polar surface area (TPSA) is 38.0 Å². The largest absolute Gasteiger partial charge is 0.271 e. The van der Waals surface area contributed by atoms with E-state index in [1.807, 2.05) is 0 Å². The molecule has 3 atom stereocenters. The molecule has 1 rings (SSSR count). The summed E-state index contributed by atoms with van der Waals surface area (Å²) < 4.78 is 0. The fourth-order valence-corrected chi connectivity index (χ4v) is 1.70. The van der Waals surface area contributed by atoms with Gasteiger partial charge in [0.1, 0.15) is 0 Å². The van der Waals surface area contributed by atoms with Gasteiger partial charge in [-0.3, -0.25) is 11.3 Å². The highest BCUT2D eigenvalue weighted by atomic mass is 15.2. The van der Waals surface area contributed by atoms with Gasteiger partial charge in [0.05, 0.1) is 0 Å². The molecule has 0 spiro atoms. The van der Waals surface area contributed by atoms with Crippen LogP contribution in [0.4, 0.5) is 0 Å². The lowest BCUT2D eigenvalue weighted by Crippen LogP contribution is -2.40. The van der Waals surface area contributed by atoms with Crippen molar-refractivity contribution in [3.8, 4) is 0 Å². The van der Waals surface area contributed by atoms with Crippen LogP contribution in [0.2, 0.25) is 0 Å². The first-order chi connectivity index (χ1) is 4.74. The summed E-state index contributed by atoms with van der Waals surface area (Å²) in [4.78, 5) is 0. The molecule has 0 aromatic heterocycles. The van der Waals surface area contributed by atoms with Gasteiger partial charge in [-0.2, -0.15) is 0 Å². The van der Waals surface area contributed by atoms with Crippen LogP contribution in [-0.2, 0) is 0 Å². The van der Waals surface area contributed by atoms with Crippen LogP contribution in [0.15, 0.2) is 0 Å². The predicted molar refractivity (Wildman–Crippen MR) is 43.3 cm³/mol. The van der Waals surface area contributed by atoms with E-state index in [-0.39, 0.29) is 0 Å². The third-order valence-electron chi connectivity index (χ3n) is 2.83. The molecular weight excluding hydrogens is 124 g/mol. The van der Waals surface area contributed by atoms with Crippen molar-refractivity contribution in [3.05, 3.63) is 0 Å². The summed E-state index contributed by atoms with van der Waals surface area (Å²) in [6, 6.07) is 0.575. The molecule has 0 bridgehead atoms. The van der Waals surface area contributed by atoms with E-state index in [9.17, 15) is 0 Å². The van der Waals surface area contributed by atoms with E-state index < -0.39 is 0 Å². The molecule has 0 unspecified atom stereocenters. The van der Waals surface area contributed by atoms with Crippen molar-refractivity contribution < 1.29 is 0 Å². The Kier molecular flexibility index (Phi) is 2.69. The number of nitrogens with one attached hydrogen (secondary N) is 1.